The van der Waals surface area contributed by atoms with E-state index in [4.69, 9.17) is 0 Å². The Kier molecular flexibility index (Phi) is 5.18. The Morgan fingerprint density at radius 3 is 2.14 bits per heavy atom. The summed E-state index contributed by atoms with van der Waals surface area (Å²) in [6.45, 7) is 1.91. The Morgan fingerprint density at radius 2 is 1.57 bits per heavy atom. The van der Waals surface area contributed by atoms with Crippen molar-refractivity contribution in [3.8, 4) is 11.5 Å². The number of hydrogen-bond acceptors (Lipinski definition) is 3. The molecule has 0 saturated carbocycles. The number of phenolic OH excluding ortho intramolecular Hbond substituents is 2. The highest BCUT2D eigenvalue weighted by Crippen LogP contribution is 2.38. The lowest BCUT2D eigenvalue weighted by Crippen LogP contribution is -2.04. The maximum absolute atomic E-state index is 12.6. The Labute approximate surface area is 154 Å². The number of phenols is 2. The summed E-state index contributed by atoms with van der Waals surface area (Å²) in [5.41, 5.74) is 1.67. The SMILES string of the molecule is Cc1c(Br)cc(C(=O)c2cc(O)c(O)c(Br)c2)c(Br)c1Br. The normalized spacial score (nSPS) is 10.7. The zero-order valence-electron chi connectivity index (χ0n) is 10.5. The predicted molar refractivity (Wildman–Crippen MR) is 95.2 cm³/mol. The van der Waals surface area contributed by atoms with Crippen LogP contribution >= 0.6 is 63.7 Å². The number of benzene rings is 2. The number of carbonyl (C=O) groups is 1. The van der Waals surface area contributed by atoms with Crippen molar-refractivity contribution in [1.82, 2.24) is 0 Å². The van der Waals surface area contributed by atoms with Gasteiger partial charge in [-0.3, -0.25) is 4.79 Å². The Bertz CT molecular complexity index is 733. The van der Waals surface area contributed by atoms with E-state index in [0.29, 0.717) is 10.0 Å². The third-order valence-corrected chi connectivity index (χ3v) is 6.71. The van der Waals surface area contributed by atoms with Gasteiger partial charge in [0.25, 0.3) is 0 Å². The molecule has 0 aromatic heterocycles. The molecule has 0 fully saturated rings. The molecule has 110 valence electrons. The molecule has 0 atom stereocenters. The fourth-order valence-corrected chi connectivity index (χ4v) is 3.88. The fraction of sp³-hybridized carbons (Fsp3) is 0.0714. The zero-order valence-corrected chi connectivity index (χ0v) is 16.9. The topological polar surface area (TPSA) is 57.5 Å². The molecule has 3 nitrogen and oxygen atoms in total. The molecule has 2 aromatic carbocycles. The van der Waals surface area contributed by atoms with E-state index in [9.17, 15) is 15.0 Å². The third kappa shape index (κ3) is 3.21. The summed E-state index contributed by atoms with van der Waals surface area (Å²) in [6.07, 6.45) is 0. The number of rotatable bonds is 2. The van der Waals surface area contributed by atoms with E-state index in [1.807, 2.05) is 6.92 Å². The van der Waals surface area contributed by atoms with Gasteiger partial charge in [0, 0.05) is 24.5 Å². The van der Waals surface area contributed by atoms with Gasteiger partial charge in [-0.05, 0) is 78.5 Å². The van der Waals surface area contributed by atoms with Gasteiger partial charge in [0.05, 0.1) is 4.47 Å². The molecular weight excluding hydrogens is 536 g/mol. The lowest BCUT2D eigenvalue weighted by molar-refractivity contribution is 0.103. The first kappa shape index (κ1) is 17.0. The molecule has 0 heterocycles. The number of hydrogen-bond donors (Lipinski definition) is 2. The molecule has 0 unspecified atom stereocenters. The average Bonchev–Trinajstić information content (AvgIpc) is 2.45. The molecular formula is C14H8Br4O3. The van der Waals surface area contributed by atoms with Crippen LogP contribution in [0.25, 0.3) is 0 Å². The summed E-state index contributed by atoms with van der Waals surface area (Å²) in [4.78, 5) is 12.6. The van der Waals surface area contributed by atoms with E-state index in [2.05, 4.69) is 63.7 Å². The first-order chi connectivity index (χ1) is 9.73. The molecule has 7 heteroatoms. The molecule has 0 spiro atoms. The average molecular weight is 544 g/mol. The Morgan fingerprint density at radius 1 is 0.952 bits per heavy atom. The molecule has 0 aliphatic rings. The van der Waals surface area contributed by atoms with Crippen LogP contribution in [0.3, 0.4) is 0 Å². The standard InChI is InChI=1S/C14H8Br4O3/c1-5-8(15)4-7(12(18)11(5)17)13(20)6-2-9(16)14(21)10(19)3-6/h2-4,19,21H,1H3. The van der Waals surface area contributed by atoms with Gasteiger partial charge in [-0.2, -0.15) is 0 Å². The van der Waals surface area contributed by atoms with E-state index >= 15 is 0 Å². The molecule has 21 heavy (non-hydrogen) atoms. The summed E-state index contributed by atoms with van der Waals surface area (Å²) in [5, 5.41) is 19.2. The van der Waals surface area contributed by atoms with Crippen LogP contribution in [0, 0.1) is 6.92 Å². The van der Waals surface area contributed by atoms with Gasteiger partial charge in [-0.15, -0.1) is 0 Å². The second kappa shape index (κ2) is 6.40. The van der Waals surface area contributed by atoms with Gasteiger partial charge in [-0.1, -0.05) is 15.9 Å². The van der Waals surface area contributed by atoms with Crippen LogP contribution in [-0.2, 0) is 0 Å². The van der Waals surface area contributed by atoms with Crippen molar-refractivity contribution in [3.63, 3.8) is 0 Å². The maximum atomic E-state index is 12.6. The van der Waals surface area contributed by atoms with Gasteiger partial charge >= 0.3 is 0 Å². The van der Waals surface area contributed by atoms with Gasteiger partial charge in [0.2, 0.25) is 0 Å². The Balaban J connectivity index is 2.61. The molecule has 2 N–H and O–H groups in total. The number of ketones is 1. The number of halogens is 4. The van der Waals surface area contributed by atoms with Crippen LogP contribution in [-0.4, -0.2) is 16.0 Å². The smallest absolute Gasteiger partial charge is 0.194 e. The minimum absolute atomic E-state index is 0.257. The van der Waals surface area contributed by atoms with E-state index in [1.54, 1.807) is 6.07 Å². The highest BCUT2D eigenvalue weighted by Gasteiger charge is 2.20. The van der Waals surface area contributed by atoms with Crippen molar-refractivity contribution >= 4 is 69.5 Å². The number of aromatic hydroxyl groups is 2. The van der Waals surface area contributed by atoms with Crippen LogP contribution in [0.1, 0.15) is 21.5 Å². The van der Waals surface area contributed by atoms with Crippen molar-refractivity contribution in [3.05, 3.63) is 52.8 Å². The van der Waals surface area contributed by atoms with Crippen molar-refractivity contribution < 1.29 is 15.0 Å². The minimum Gasteiger partial charge on any atom is -0.504 e. The van der Waals surface area contributed by atoms with Gasteiger partial charge in [0.15, 0.2) is 17.3 Å². The van der Waals surface area contributed by atoms with Crippen LogP contribution in [0.2, 0.25) is 0 Å². The second-order valence-electron chi connectivity index (χ2n) is 4.31. The third-order valence-electron chi connectivity index (χ3n) is 2.94. The van der Waals surface area contributed by atoms with E-state index < -0.39 is 0 Å². The molecule has 0 bridgehead atoms. The highest BCUT2D eigenvalue weighted by molar-refractivity contribution is 9.13. The summed E-state index contributed by atoms with van der Waals surface area (Å²) in [7, 11) is 0. The van der Waals surface area contributed by atoms with Crippen molar-refractivity contribution in [1.29, 1.82) is 0 Å². The van der Waals surface area contributed by atoms with E-state index in [1.165, 1.54) is 12.1 Å². The largest absolute Gasteiger partial charge is 0.504 e. The number of carbonyl (C=O) groups excluding carboxylic acids is 1. The van der Waals surface area contributed by atoms with Crippen LogP contribution < -0.4 is 0 Å². The van der Waals surface area contributed by atoms with Gasteiger partial charge < -0.3 is 10.2 Å². The zero-order chi connectivity index (χ0) is 15.9. The fourth-order valence-electron chi connectivity index (χ4n) is 1.72. The Hall–Kier alpha value is -0.370. The summed E-state index contributed by atoms with van der Waals surface area (Å²) in [6, 6.07) is 4.41. The van der Waals surface area contributed by atoms with Crippen molar-refractivity contribution in [2.45, 2.75) is 6.92 Å². The lowest BCUT2D eigenvalue weighted by atomic mass is 10.0. The quantitative estimate of drug-likeness (QED) is 0.291. The molecule has 0 saturated heterocycles. The summed E-state index contributed by atoms with van der Waals surface area (Å²) < 4.78 is 2.47. The van der Waals surface area contributed by atoms with Crippen molar-refractivity contribution in [2.75, 3.05) is 0 Å². The van der Waals surface area contributed by atoms with Gasteiger partial charge in [0.1, 0.15) is 0 Å². The lowest BCUT2D eigenvalue weighted by Gasteiger charge is -2.11. The van der Waals surface area contributed by atoms with E-state index in [-0.39, 0.29) is 27.3 Å². The molecule has 0 amide bonds. The molecule has 2 rings (SSSR count). The molecule has 2 aromatic rings. The predicted octanol–water partition coefficient (Wildman–Crippen LogP) is 5.69. The van der Waals surface area contributed by atoms with Gasteiger partial charge in [-0.25, -0.2) is 0 Å². The summed E-state index contributed by atoms with van der Waals surface area (Å²) >= 11 is 13.4. The first-order valence-corrected chi connectivity index (χ1v) is 8.81. The molecule has 0 aliphatic heterocycles. The highest BCUT2D eigenvalue weighted by atomic mass is 79.9. The first-order valence-electron chi connectivity index (χ1n) is 5.64. The van der Waals surface area contributed by atoms with Crippen LogP contribution in [0.4, 0.5) is 0 Å². The van der Waals surface area contributed by atoms with Crippen LogP contribution in [0.5, 0.6) is 11.5 Å². The van der Waals surface area contributed by atoms with E-state index in [0.717, 1.165) is 14.5 Å². The second-order valence-corrected chi connectivity index (χ2v) is 7.61. The van der Waals surface area contributed by atoms with Crippen LogP contribution in [0.15, 0.2) is 36.1 Å². The van der Waals surface area contributed by atoms with Crippen molar-refractivity contribution in [2.24, 2.45) is 0 Å². The molecule has 0 radical (unpaired) electrons. The summed E-state index contributed by atoms with van der Waals surface area (Å²) in [5.74, 6) is -0.926. The molecule has 0 aliphatic carbocycles. The monoisotopic (exact) mass is 540 g/mol. The minimum atomic E-state index is -0.353. The maximum Gasteiger partial charge on any atom is 0.194 e.